The average Bonchev–Trinajstić information content (AvgIpc) is 2.91. The van der Waals surface area contributed by atoms with Crippen LogP contribution in [0.25, 0.3) is 0 Å². The van der Waals surface area contributed by atoms with Crippen LogP contribution in [0.1, 0.15) is 10.4 Å². The Morgan fingerprint density at radius 2 is 2.10 bits per heavy atom. The fraction of sp³-hybridized carbons (Fsp3) is 0. The second-order valence-electron chi connectivity index (χ2n) is 4.02. The van der Waals surface area contributed by atoms with Crippen molar-refractivity contribution in [1.82, 2.24) is 0 Å². The first-order valence-electron chi connectivity index (χ1n) is 5.63. The van der Waals surface area contributed by atoms with Crippen LogP contribution < -0.4 is 5.32 Å². The largest absolute Gasteiger partial charge is 0.320 e. The molecule has 0 saturated carbocycles. The predicted octanol–water partition coefficient (Wildman–Crippen LogP) is 5.03. The number of carbonyl (C=O) groups excluding carboxylic acids is 1. The highest BCUT2D eigenvalue weighted by molar-refractivity contribution is 14.1. The minimum atomic E-state index is -0.170. The zero-order chi connectivity index (χ0) is 14.1. The normalized spacial score (nSPS) is 11.9. The molecule has 0 fully saturated rings. The summed E-state index contributed by atoms with van der Waals surface area (Å²) in [5.74, 6) is -0.170. The highest BCUT2D eigenvalue weighted by Crippen LogP contribution is 2.38. The van der Waals surface area contributed by atoms with Gasteiger partial charge in [0.15, 0.2) is 0 Å². The third kappa shape index (κ3) is 2.70. The maximum Gasteiger partial charge on any atom is 0.256 e. The van der Waals surface area contributed by atoms with E-state index in [0.29, 0.717) is 16.9 Å². The van der Waals surface area contributed by atoms with Gasteiger partial charge in [0.05, 0.1) is 22.6 Å². The number of benzene rings is 2. The summed E-state index contributed by atoms with van der Waals surface area (Å²) in [7, 11) is 0. The molecule has 3 rings (SSSR count). The van der Waals surface area contributed by atoms with Gasteiger partial charge < -0.3 is 5.32 Å². The Morgan fingerprint density at radius 3 is 2.95 bits per heavy atom. The van der Waals surface area contributed by atoms with Gasteiger partial charge in [-0.1, -0.05) is 6.07 Å². The van der Waals surface area contributed by atoms with Gasteiger partial charge in [-0.2, -0.15) is 8.73 Å². The predicted molar refractivity (Wildman–Crippen MR) is 92.8 cm³/mol. The van der Waals surface area contributed by atoms with Crippen LogP contribution in [-0.4, -0.2) is 5.91 Å². The summed E-state index contributed by atoms with van der Waals surface area (Å²) in [5, 5.41) is 2.89. The van der Waals surface area contributed by atoms with Gasteiger partial charge in [-0.15, -0.1) is 0 Å². The number of nitrogens with one attached hydrogen (secondary N) is 1. The number of carbonyl (C=O) groups is 1. The fourth-order valence-electron chi connectivity index (χ4n) is 1.77. The van der Waals surface area contributed by atoms with Crippen molar-refractivity contribution in [2.24, 2.45) is 8.73 Å². The van der Waals surface area contributed by atoms with E-state index in [1.54, 1.807) is 0 Å². The molecule has 0 atom stereocenters. The molecule has 0 aromatic heterocycles. The molecule has 2 aromatic carbocycles. The van der Waals surface area contributed by atoms with E-state index in [4.69, 9.17) is 0 Å². The van der Waals surface area contributed by atoms with Crippen LogP contribution in [0.5, 0.6) is 0 Å². The standard InChI is InChI=1S/C13H7BrIN3OS/c14-9-5-4-7(15)6-8(9)13(19)16-10-2-1-3-11-12(10)18-20-17-11/h1-6H,(H,16,19). The van der Waals surface area contributed by atoms with Gasteiger partial charge in [0.25, 0.3) is 5.91 Å². The molecule has 0 spiro atoms. The summed E-state index contributed by atoms with van der Waals surface area (Å²) in [6.07, 6.45) is 0. The van der Waals surface area contributed by atoms with Crippen LogP contribution in [0.15, 0.2) is 49.6 Å². The summed E-state index contributed by atoms with van der Waals surface area (Å²) in [6.45, 7) is 0. The van der Waals surface area contributed by atoms with E-state index in [1.165, 1.54) is 0 Å². The molecular formula is C13H7BrIN3OS. The first-order chi connectivity index (χ1) is 9.65. The molecule has 1 aliphatic heterocycles. The van der Waals surface area contributed by atoms with Crippen molar-refractivity contribution in [3.05, 3.63) is 50.0 Å². The molecule has 2 aromatic rings. The Hall–Kier alpha value is -1.06. The third-order valence-electron chi connectivity index (χ3n) is 2.71. The number of nitrogens with zero attached hydrogens (tertiary/aromatic N) is 2. The van der Waals surface area contributed by atoms with Crippen molar-refractivity contribution in [3.63, 3.8) is 0 Å². The molecular weight excluding hydrogens is 453 g/mol. The summed E-state index contributed by atoms with van der Waals surface area (Å²) in [6, 6.07) is 11.2. The fourth-order valence-corrected chi connectivity index (χ4v) is 3.24. The van der Waals surface area contributed by atoms with Gasteiger partial charge in [-0.3, -0.25) is 4.79 Å². The molecule has 1 N–H and O–H groups in total. The van der Waals surface area contributed by atoms with Crippen molar-refractivity contribution in [2.45, 2.75) is 0 Å². The van der Waals surface area contributed by atoms with Crippen LogP contribution in [0, 0.1) is 3.57 Å². The minimum Gasteiger partial charge on any atom is -0.320 e. The second kappa shape index (κ2) is 5.74. The van der Waals surface area contributed by atoms with Crippen LogP contribution >= 0.6 is 38.5 Å². The third-order valence-corrected chi connectivity index (χ3v) is 4.61. The van der Waals surface area contributed by atoms with Crippen molar-refractivity contribution in [1.29, 1.82) is 0 Å². The average molecular weight is 460 g/mol. The van der Waals surface area contributed by atoms with Gasteiger partial charge in [-0.05, 0) is 68.9 Å². The molecule has 4 nitrogen and oxygen atoms in total. The molecule has 0 aliphatic carbocycles. The molecule has 20 heavy (non-hydrogen) atoms. The number of hydrogen-bond donors (Lipinski definition) is 1. The van der Waals surface area contributed by atoms with E-state index < -0.39 is 0 Å². The van der Waals surface area contributed by atoms with Gasteiger partial charge in [-0.25, -0.2) is 0 Å². The van der Waals surface area contributed by atoms with Crippen LogP contribution in [0.4, 0.5) is 17.1 Å². The van der Waals surface area contributed by atoms with E-state index in [-0.39, 0.29) is 5.91 Å². The van der Waals surface area contributed by atoms with Gasteiger partial charge in [0.1, 0.15) is 11.4 Å². The Balaban J connectivity index is 1.93. The quantitative estimate of drug-likeness (QED) is 0.536. The molecule has 0 radical (unpaired) electrons. The zero-order valence-corrected chi connectivity index (χ0v) is 14.5. The lowest BCUT2D eigenvalue weighted by molar-refractivity contribution is 0.102. The first-order valence-corrected chi connectivity index (χ1v) is 8.23. The maximum atomic E-state index is 12.4. The Kier molecular flexibility index (Phi) is 3.99. The van der Waals surface area contributed by atoms with E-state index in [0.717, 1.165) is 25.1 Å². The summed E-state index contributed by atoms with van der Waals surface area (Å²) in [4.78, 5) is 12.4. The van der Waals surface area contributed by atoms with Crippen LogP contribution in [0.3, 0.4) is 0 Å². The number of rotatable bonds is 2. The van der Waals surface area contributed by atoms with E-state index in [1.807, 2.05) is 36.4 Å². The van der Waals surface area contributed by atoms with Crippen molar-refractivity contribution in [3.8, 4) is 0 Å². The molecule has 1 heterocycles. The Labute approximate surface area is 141 Å². The lowest BCUT2D eigenvalue weighted by Gasteiger charge is -2.09. The smallest absolute Gasteiger partial charge is 0.256 e. The van der Waals surface area contributed by atoms with Crippen molar-refractivity contribution < 1.29 is 4.79 Å². The molecule has 1 amide bonds. The van der Waals surface area contributed by atoms with Crippen LogP contribution in [-0.2, 0) is 11.4 Å². The molecule has 100 valence electrons. The minimum absolute atomic E-state index is 0.170. The van der Waals surface area contributed by atoms with E-state index in [2.05, 4.69) is 52.6 Å². The monoisotopic (exact) mass is 459 g/mol. The lowest BCUT2D eigenvalue weighted by Crippen LogP contribution is -2.12. The molecule has 1 aliphatic rings. The zero-order valence-electron chi connectivity index (χ0n) is 9.93. The Bertz CT molecular complexity index is 787. The molecule has 0 saturated heterocycles. The number of fused-ring (bicyclic) bond motifs is 1. The number of hydrogen-bond acceptors (Lipinski definition) is 3. The topological polar surface area (TPSA) is 53.8 Å². The number of halogens is 2. The van der Waals surface area contributed by atoms with Gasteiger partial charge in [0, 0.05) is 8.04 Å². The van der Waals surface area contributed by atoms with Crippen molar-refractivity contribution >= 4 is 72.8 Å². The lowest BCUT2D eigenvalue weighted by atomic mass is 10.2. The SMILES string of the molecule is O=C(Nc1cccc2c1N=S=N2)c1cc(I)ccc1Br. The van der Waals surface area contributed by atoms with Gasteiger partial charge in [0.2, 0.25) is 0 Å². The maximum absolute atomic E-state index is 12.4. The molecule has 0 unspecified atom stereocenters. The second-order valence-corrected chi connectivity index (χ2v) is 6.64. The highest BCUT2D eigenvalue weighted by Gasteiger charge is 2.15. The number of amides is 1. The summed E-state index contributed by atoms with van der Waals surface area (Å²) < 4.78 is 10.1. The van der Waals surface area contributed by atoms with E-state index in [9.17, 15) is 4.79 Å². The molecule has 0 bridgehead atoms. The number of anilines is 1. The highest BCUT2D eigenvalue weighted by atomic mass is 127. The van der Waals surface area contributed by atoms with E-state index >= 15 is 0 Å². The van der Waals surface area contributed by atoms with Crippen molar-refractivity contribution in [2.75, 3.05) is 5.32 Å². The summed E-state index contributed by atoms with van der Waals surface area (Å²) >= 11 is 6.71. The molecule has 7 heteroatoms. The van der Waals surface area contributed by atoms with Crippen LogP contribution in [0.2, 0.25) is 0 Å². The Morgan fingerprint density at radius 1 is 1.25 bits per heavy atom. The van der Waals surface area contributed by atoms with Gasteiger partial charge >= 0.3 is 0 Å². The summed E-state index contributed by atoms with van der Waals surface area (Å²) in [5.41, 5.74) is 2.77. The first kappa shape index (κ1) is 13.9.